The third-order valence-electron chi connectivity index (χ3n) is 5.04. The van der Waals surface area contributed by atoms with Crippen LogP contribution >= 0.6 is 0 Å². The molecule has 0 saturated heterocycles. The van der Waals surface area contributed by atoms with Crippen molar-refractivity contribution in [3.8, 4) is 11.4 Å². The van der Waals surface area contributed by atoms with Gasteiger partial charge in [0.2, 0.25) is 0 Å². The molecule has 0 aliphatic heterocycles. The first-order valence-corrected chi connectivity index (χ1v) is 8.87. The van der Waals surface area contributed by atoms with Crippen LogP contribution < -0.4 is 0 Å². The fraction of sp³-hybridized carbons (Fsp3) is 0.143. The standard InChI is InChI=1S/C21H18N6/c1-14-15(2)26(12-16-7-6-10-22-11-16)20-18(14)21-24-19(25-27(21)13-23-20)17-8-4-3-5-9-17/h3-11,13H,12H2,1-2H3. The smallest absolute Gasteiger partial charge is 0.182 e. The Labute approximate surface area is 156 Å². The molecule has 0 atom stereocenters. The van der Waals surface area contributed by atoms with Gasteiger partial charge in [-0.2, -0.15) is 0 Å². The van der Waals surface area contributed by atoms with Gasteiger partial charge in [0.05, 0.1) is 11.9 Å². The summed E-state index contributed by atoms with van der Waals surface area (Å²) in [6.45, 7) is 4.97. The molecule has 5 rings (SSSR count). The molecule has 6 heteroatoms. The summed E-state index contributed by atoms with van der Waals surface area (Å²) in [6.07, 6.45) is 5.43. The number of aromatic nitrogens is 6. The Bertz CT molecular complexity index is 1250. The number of hydrogen-bond donors (Lipinski definition) is 0. The van der Waals surface area contributed by atoms with Crippen LogP contribution in [-0.4, -0.2) is 29.1 Å². The molecule has 0 N–H and O–H groups in total. The van der Waals surface area contributed by atoms with E-state index in [9.17, 15) is 0 Å². The van der Waals surface area contributed by atoms with E-state index in [-0.39, 0.29) is 0 Å². The zero-order chi connectivity index (χ0) is 18.4. The van der Waals surface area contributed by atoms with Crippen LogP contribution in [0.3, 0.4) is 0 Å². The molecule has 132 valence electrons. The quantitative estimate of drug-likeness (QED) is 0.494. The Morgan fingerprint density at radius 3 is 2.59 bits per heavy atom. The highest BCUT2D eigenvalue weighted by Gasteiger charge is 2.18. The van der Waals surface area contributed by atoms with Gasteiger partial charge >= 0.3 is 0 Å². The van der Waals surface area contributed by atoms with Crippen molar-refractivity contribution in [1.82, 2.24) is 29.1 Å². The van der Waals surface area contributed by atoms with Crippen molar-refractivity contribution in [2.45, 2.75) is 20.4 Å². The lowest BCUT2D eigenvalue weighted by Gasteiger charge is -2.07. The van der Waals surface area contributed by atoms with Crippen LogP contribution in [0.25, 0.3) is 28.1 Å². The number of benzene rings is 1. The van der Waals surface area contributed by atoms with Gasteiger partial charge in [0, 0.05) is 23.7 Å². The summed E-state index contributed by atoms with van der Waals surface area (Å²) in [5, 5.41) is 5.67. The number of fused-ring (bicyclic) bond motifs is 3. The first kappa shape index (κ1) is 15.7. The van der Waals surface area contributed by atoms with Crippen molar-refractivity contribution in [3.05, 3.63) is 78.0 Å². The van der Waals surface area contributed by atoms with Gasteiger partial charge in [-0.3, -0.25) is 4.98 Å². The molecule has 1 aromatic carbocycles. The molecule has 0 fully saturated rings. The molecule has 5 aromatic rings. The minimum absolute atomic E-state index is 0.710. The van der Waals surface area contributed by atoms with Crippen LogP contribution in [0.5, 0.6) is 0 Å². The van der Waals surface area contributed by atoms with Gasteiger partial charge in [0.1, 0.15) is 12.0 Å². The van der Waals surface area contributed by atoms with E-state index in [0.717, 1.165) is 34.4 Å². The van der Waals surface area contributed by atoms with Crippen molar-refractivity contribution in [2.24, 2.45) is 0 Å². The Morgan fingerprint density at radius 2 is 1.81 bits per heavy atom. The van der Waals surface area contributed by atoms with Crippen LogP contribution in [0, 0.1) is 13.8 Å². The van der Waals surface area contributed by atoms with E-state index >= 15 is 0 Å². The maximum absolute atomic E-state index is 4.82. The molecule has 6 nitrogen and oxygen atoms in total. The average Bonchev–Trinajstić information content (AvgIpc) is 3.25. The molecular weight excluding hydrogens is 336 g/mol. The molecule has 4 heterocycles. The van der Waals surface area contributed by atoms with Gasteiger partial charge in [-0.1, -0.05) is 36.4 Å². The van der Waals surface area contributed by atoms with E-state index in [4.69, 9.17) is 9.97 Å². The van der Waals surface area contributed by atoms with Gasteiger partial charge < -0.3 is 4.57 Å². The predicted octanol–water partition coefficient (Wildman–Crippen LogP) is 3.81. The molecule has 0 aliphatic carbocycles. The van der Waals surface area contributed by atoms with Gasteiger partial charge in [-0.25, -0.2) is 14.5 Å². The fourth-order valence-corrected chi connectivity index (χ4v) is 3.51. The predicted molar refractivity (Wildman–Crippen MR) is 105 cm³/mol. The first-order chi connectivity index (χ1) is 13.2. The summed E-state index contributed by atoms with van der Waals surface area (Å²) in [6, 6.07) is 14.1. The van der Waals surface area contributed by atoms with E-state index in [0.29, 0.717) is 5.82 Å². The van der Waals surface area contributed by atoms with Gasteiger partial charge in [-0.15, -0.1) is 5.10 Å². The Balaban J connectivity index is 1.72. The maximum atomic E-state index is 4.82. The highest BCUT2D eigenvalue weighted by molar-refractivity contribution is 5.94. The monoisotopic (exact) mass is 354 g/mol. The Kier molecular flexibility index (Phi) is 3.50. The summed E-state index contributed by atoms with van der Waals surface area (Å²) in [7, 11) is 0. The largest absolute Gasteiger partial charge is 0.325 e. The molecule has 0 unspecified atom stereocenters. The fourth-order valence-electron chi connectivity index (χ4n) is 3.51. The average molecular weight is 354 g/mol. The molecule has 0 spiro atoms. The summed E-state index contributed by atoms with van der Waals surface area (Å²) in [4.78, 5) is 13.7. The highest BCUT2D eigenvalue weighted by Crippen LogP contribution is 2.28. The lowest BCUT2D eigenvalue weighted by molar-refractivity contribution is 0.783. The number of pyridine rings is 1. The summed E-state index contributed by atoms with van der Waals surface area (Å²) in [5.74, 6) is 0.710. The van der Waals surface area contributed by atoms with Crippen LogP contribution in [-0.2, 0) is 6.54 Å². The SMILES string of the molecule is Cc1c(C)n(Cc2cccnc2)c2ncn3nc(-c4ccccc4)nc3c12. The van der Waals surface area contributed by atoms with Gasteiger partial charge in [0.15, 0.2) is 11.5 Å². The van der Waals surface area contributed by atoms with Gasteiger partial charge in [0.25, 0.3) is 0 Å². The maximum Gasteiger partial charge on any atom is 0.182 e. The first-order valence-electron chi connectivity index (χ1n) is 8.87. The zero-order valence-corrected chi connectivity index (χ0v) is 15.2. The number of rotatable bonds is 3. The van der Waals surface area contributed by atoms with Crippen molar-refractivity contribution < 1.29 is 0 Å². The second kappa shape index (κ2) is 6.02. The molecule has 0 amide bonds. The van der Waals surface area contributed by atoms with E-state index in [1.807, 2.05) is 42.6 Å². The third kappa shape index (κ3) is 2.49. The van der Waals surface area contributed by atoms with Crippen LogP contribution in [0.2, 0.25) is 0 Å². The Hall–Kier alpha value is -3.54. The molecule has 0 aliphatic rings. The lowest BCUT2D eigenvalue weighted by Crippen LogP contribution is -2.03. The van der Waals surface area contributed by atoms with Crippen molar-refractivity contribution in [3.63, 3.8) is 0 Å². The second-order valence-corrected chi connectivity index (χ2v) is 6.67. The molecule has 0 saturated carbocycles. The van der Waals surface area contributed by atoms with Crippen LogP contribution in [0.15, 0.2) is 61.2 Å². The van der Waals surface area contributed by atoms with Gasteiger partial charge in [-0.05, 0) is 31.0 Å². The third-order valence-corrected chi connectivity index (χ3v) is 5.04. The van der Waals surface area contributed by atoms with E-state index < -0.39 is 0 Å². The molecule has 0 radical (unpaired) electrons. The molecular formula is C21H18N6. The molecule has 0 bridgehead atoms. The second-order valence-electron chi connectivity index (χ2n) is 6.67. The normalized spacial score (nSPS) is 11.5. The minimum Gasteiger partial charge on any atom is -0.325 e. The summed E-state index contributed by atoms with van der Waals surface area (Å²) >= 11 is 0. The lowest BCUT2D eigenvalue weighted by atomic mass is 10.2. The van der Waals surface area contributed by atoms with E-state index in [1.54, 1.807) is 17.0 Å². The number of hydrogen-bond acceptors (Lipinski definition) is 4. The number of nitrogens with zero attached hydrogens (tertiary/aromatic N) is 6. The van der Waals surface area contributed by atoms with E-state index in [2.05, 4.69) is 34.6 Å². The highest BCUT2D eigenvalue weighted by atomic mass is 15.3. The summed E-state index contributed by atoms with van der Waals surface area (Å²) < 4.78 is 3.99. The van der Waals surface area contributed by atoms with Crippen molar-refractivity contribution in [2.75, 3.05) is 0 Å². The topological polar surface area (TPSA) is 60.9 Å². The number of aryl methyl sites for hydroxylation is 1. The van der Waals surface area contributed by atoms with Crippen LogP contribution in [0.1, 0.15) is 16.8 Å². The van der Waals surface area contributed by atoms with Crippen LogP contribution in [0.4, 0.5) is 0 Å². The Morgan fingerprint density at radius 1 is 0.963 bits per heavy atom. The zero-order valence-electron chi connectivity index (χ0n) is 15.2. The van der Waals surface area contributed by atoms with Crippen molar-refractivity contribution in [1.29, 1.82) is 0 Å². The van der Waals surface area contributed by atoms with Crippen molar-refractivity contribution >= 4 is 16.7 Å². The minimum atomic E-state index is 0.710. The summed E-state index contributed by atoms with van der Waals surface area (Å²) in [5.41, 5.74) is 6.26. The molecule has 27 heavy (non-hydrogen) atoms. The van der Waals surface area contributed by atoms with E-state index in [1.165, 1.54) is 11.3 Å². The molecule has 4 aromatic heterocycles.